The fraction of sp³-hybridized carbons (Fsp3) is 0.143. The molecule has 0 aliphatic heterocycles. The first-order chi connectivity index (χ1) is 25.5. The molecule has 0 heterocycles. The zero-order valence-electron chi connectivity index (χ0n) is 29.2. The van der Waals surface area contributed by atoms with E-state index in [9.17, 15) is 0 Å². The molecule has 52 heavy (non-hydrogen) atoms. The van der Waals surface area contributed by atoms with E-state index >= 15 is 0 Å². The van der Waals surface area contributed by atoms with Gasteiger partial charge in [-0.2, -0.15) is 0 Å². The molecular formula is C42H48BN3O6. The summed E-state index contributed by atoms with van der Waals surface area (Å²) in [6.45, 7) is 3.23. The third kappa shape index (κ3) is 14.8. The first-order valence-electron chi connectivity index (χ1n) is 16.9. The van der Waals surface area contributed by atoms with Gasteiger partial charge in [0.1, 0.15) is 37.1 Å². The highest BCUT2D eigenvalue weighted by Crippen LogP contribution is 2.31. The molecule has 0 saturated carbocycles. The molecule has 0 saturated heterocycles. The average molecular weight is 702 g/mol. The summed E-state index contributed by atoms with van der Waals surface area (Å²) in [6.07, 6.45) is 0. The third-order valence-electron chi connectivity index (χ3n) is 7.04. The summed E-state index contributed by atoms with van der Waals surface area (Å²) in [5, 5.41) is 21.5. The highest BCUT2D eigenvalue weighted by Gasteiger charge is 2.06. The molecule has 0 aromatic heterocycles. The standard InChI is InChI=1S/3C14H15NO.BH3O3/c3*15-10-11-16-14-9-5-4-8-13(14)12-6-2-1-3-7-12;2-1(3)4/h3*1-9H,10-11,15H2;2-4H. The molecule has 9 nitrogen and oxygen atoms in total. The van der Waals surface area contributed by atoms with Crippen LogP contribution in [0.25, 0.3) is 33.4 Å². The Kier molecular flexibility index (Phi) is 19.4. The third-order valence-corrected chi connectivity index (χ3v) is 7.04. The minimum Gasteiger partial charge on any atom is -0.492 e. The molecule has 0 spiro atoms. The number of hydrogen-bond acceptors (Lipinski definition) is 9. The number of para-hydroxylation sites is 3. The lowest BCUT2D eigenvalue weighted by atomic mass is 10.1. The number of rotatable bonds is 12. The summed E-state index contributed by atoms with van der Waals surface area (Å²) in [6, 6.07) is 54.6. The van der Waals surface area contributed by atoms with Gasteiger partial charge in [0.25, 0.3) is 0 Å². The lowest BCUT2D eigenvalue weighted by Gasteiger charge is -2.10. The second-order valence-corrected chi connectivity index (χ2v) is 10.8. The van der Waals surface area contributed by atoms with Gasteiger partial charge >= 0.3 is 7.32 Å². The van der Waals surface area contributed by atoms with E-state index < -0.39 is 7.32 Å². The summed E-state index contributed by atoms with van der Waals surface area (Å²) in [7, 11) is -2.17. The van der Waals surface area contributed by atoms with E-state index in [0.29, 0.717) is 39.5 Å². The van der Waals surface area contributed by atoms with Crippen molar-refractivity contribution in [3.63, 3.8) is 0 Å². The Morgan fingerprint density at radius 1 is 0.346 bits per heavy atom. The van der Waals surface area contributed by atoms with Crippen LogP contribution in [0.4, 0.5) is 0 Å². The van der Waals surface area contributed by atoms with E-state index in [0.717, 1.165) is 50.6 Å². The van der Waals surface area contributed by atoms with E-state index in [4.69, 9.17) is 46.5 Å². The Morgan fingerprint density at radius 2 is 0.558 bits per heavy atom. The second-order valence-electron chi connectivity index (χ2n) is 10.8. The topological polar surface area (TPSA) is 166 Å². The number of nitrogens with two attached hydrogens (primary N) is 3. The molecule has 0 fully saturated rings. The van der Waals surface area contributed by atoms with E-state index in [2.05, 4.69) is 54.6 Å². The Bertz CT molecular complexity index is 1590. The maximum atomic E-state index is 7.17. The van der Waals surface area contributed by atoms with E-state index in [1.165, 1.54) is 0 Å². The molecule has 6 rings (SSSR count). The zero-order chi connectivity index (χ0) is 37.2. The van der Waals surface area contributed by atoms with Crippen LogP contribution in [0.5, 0.6) is 17.2 Å². The van der Waals surface area contributed by atoms with Crippen molar-refractivity contribution in [1.29, 1.82) is 0 Å². The van der Waals surface area contributed by atoms with Gasteiger partial charge in [0.15, 0.2) is 0 Å². The predicted molar refractivity (Wildman–Crippen MR) is 212 cm³/mol. The molecule has 6 aromatic carbocycles. The molecule has 0 bridgehead atoms. The van der Waals surface area contributed by atoms with Crippen LogP contribution in [-0.2, 0) is 0 Å². The van der Waals surface area contributed by atoms with Crippen molar-refractivity contribution in [2.45, 2.75) is 0 Å². The van der Waals surface area contributed by atoms with Crippen LogP contribution >= 0.6 is 0 Å². The van der Waals surface area contributed by atoms with Gasteiger partial charge in [-0.05, 0) is 34.9 Å². The zero-order valence-corrected chi connectivity index (χ0v) is 29.2. The van der Waals surface area contributed by atoms with E-state index in [1.54, 1.807) is 0 Å². The van der Waals surface area contributed by atoms with Crippen molar-refractivity contribution in [3.8, 4) is 50.6 Å². The normalized spacial score (nSPS) is 9.81. The van der Waals surface area contributed by atoms with Crippen LogP contribution in [0.2, 0.25) is 0 Å². The Morgan fingerprint density at radius 3 is 0.788 bits per heavy atom. The minimum absolute atomic E-state index is 0.531. The maximum absolute atomic E-state index is 7.17. The predicted octanol–water partition coefficient (Wildman–Crippen LogP) is 6.02. The maximum Gasteiger partial charge on any atom is 0.631 e. The molecule has 0 atom stereocenters. The molecular weight excluding hydrogens is 653 g/mol. The van der Waals surface area contributed by atoms with Crippen molar-refractivity contribution in [3.05, 3.63) is 164 Å². The quantitative estimate of drug-likeness (QED) is 0.0837. The van der Waals surface area contributed by atoms with Gasteiger partial charge in [0.05, 0.1) is 0 Å². The fourth-order valence-corrected chi connectivity index (χ4v) is 4.85. The van der Waals surface area contributed by atoms with Crippen LogP contribution in [0.3, 0.4) is 0 Å². The first kappa shape index (κ1) is 41.0. The Balaban J connectivity index is 0.000000200. The van der Waals surface area contributed by atoms with Crippen molar-refractivity contribution >= 4 is 7.32 Å². The summed E-state index contributed by atoms with van der Waals surface area (Å²) in [4.78, 5) is 0. The number of hydrogen-bond donors (Lipinski definition) is 6. The van der Waals surface area contributed by atoms with Crippen LogP contribution in [0.15, 0.2) is 164 Å². The largest absolute Gasteiger partial charge is 0.631 e. The Hall–Kier alpha value is -5.46. The average Bonchev–Trinajstić information content (AvgIpc) is 3.20. The number of ether oxygens (including phenoxy) is 3. The lowest BCUT2D eigenvalue weighted by Crippen LogP contribution is -2.10. The van der Waals surface area contributed by atoms with Crippen LogP contribution in [0.1, 0.15) is 0 Å². The molecule has 0 unspecified atom stereocenters. The second kappa shape index (κ2) is 24.7. The van der Waals surface area contributed by atoms with Gasteiger partial charge in [0, 0.05) is 36.3 Å². The van der Waals surface area contributed by atoms with Gasteiger partial charge in [-0.15, -0.1) is 0 Å². The van der Waals surface area contributed by atoms with Crippen molar-refractivity contribution in [2.75, 3.05) is 39.5 Å². The molecule has 9 N–H and O–H groups in total. The van der Waals surface area contributed by atoms with Crippen molar-refractivity contribution in [2.24, 2.45) is 17.2 Å². The molecule has 0 aliphatic rings. The van der Waals surface area contributed by atoms with Crippen LogP contribution in [0, 0.1) is 0 Å². The van der Waals surface area contributed by atoms with Crippen molar-refractivity contribution < 1.29 is 29.3 Å². The van der Waals surface area contributed by atoms with Gasteiger partial charge in [-0.25, -0.2) is 0 Å². The molecule has 10 heteroatoms. The Labute approximate surface area is 307 Å². The van der Waals surface area contributed by atoms with Crippen LogP contribution in [-0.4, -0.2) is 61.8 Å². The van der Waals surface area contributed by atoms with E-state index in [1.807, 2.05) is 109 Å². The fourth-order valence-electron chi connectivity index (χ4n) is 4.85. The van der Waals surface area contributed by atoms with Gasteiger partial charge in [-0.1, -0.05) is 146 Å². The number of benzene rings is 6. The molecule has 6 aromatic rings. The van der Waals surface area contributed by atoms with Gasteiger partial charge < -0.3 is 46.5 Å². The molecule has 0 radical (unpaired) electrons. The highest BCUT2D eigenvalue weighted by molar-refractivity contribution is 6.30. The molecule has 270 valence electrons. The van der Waals surface area contributed by atoms with Crippen LogP contribution < -0.4 is 31.4 Å². The summed E-state index contributed by atoms with van der Waals surface area (Å²) < 4.78 is 16.8. The van der Waals surface area contributed by atoms with E-state index in [-0.39, 0.29) is 0 Å². The lowest BCUT2D eigenvalue weighted by molar-refractivity contribution is 0.278. The smallest absolute Gasteiger partial charge is 0.492 e. The monoisotopic (exact) mass is 701 g/mol. The first-order valence-corrected chi connectivity index (χ1v) is 16.9. The SMILES string of the molecule is NCCOc1ccccc1-c1ccccc1.NCCOc1ccccc1-c1ccccc1.NCCOc1ccccc1-c1ccccc1.OB(O)O. The molecule has 0 aliphatic carbocycles. The molecule has 0 amide bonds. The van der Waals surface area contributed by atoms with Gasteiger partial charge in [0.2, 0.25) is 0 Å². The van der Waals surface area contributed by atoms with Crippen molar-refractivity contribution in [1.82, 2.24) is 0 Å². The summed E-state index contributed by atoms with van der Waals surface area (Å²) in [5.41, 5.74) is 23.1. The minimum atomic E-state index is -2.17. The van der Waals surface area contributed by atoms with Gasteiger partial charge in [-0.3, -0.25) is 0 Å². The summed E-state index contributed by atoms with van der Waals surface area (Å²) >= 11 is 0. The summed E-state index contributed by atoms with van der Waals surface area (Å²) in [5.74, 6) is 2.66. The highest BCUT2D eigenvalue weighted by atomic mass is 16.5.